The van der Waals surface area contributed by atoms with Gasteiger partial charge in [0.15, 0.2) is 5.69 Å². The molecule has 1 amide bonds. The summed E-state index contributed by atoms with van der Waals surface area (Å²) < 4.78 is 48.0. The van der Waals surface area contributed by atoms with Gasteiger partial charge >= 0.3 is 6.18 Å². The number of aryl methyl sites for hydroxylation is 3. The van der Waals surface area contributed by atoms with Crippen LogP contribution in [0, 0.1) is 0 Å². The Morgan fingerprint density at radius 2 is 1.94 bits per heavy atom. The first-order valence-corrected chi connectivity index (χ1v) is 10.4. The van der Waals surface area contributed by atoms with Crippen molar-refractivity contribution in [2.75, 3.05) is 13.2 Å². The Labute approximate surface area is 182 Å². The Hall–Kier alpha value is -3.30. The van der Waals surface area contributed by atoms with Gasteiger partial charge in [-0.25, -0.2) is 0 Å². The minimum atomic E-state index is -4.52. The van der Waals surface area contributed by atoms with Crippen LogP contribution in [-0.4, -0.2) is 43.5 Å². The van der Waals surface area contributed by atoms with Crippen LogP contribution in [0.4, 0.5) is 13.2 Å². The van der Waals surface area contributed by atoms with Crippen molar-refractivity contribution >= 4 is 5.91 Å². The van der Waals surface area contributed by atoms with E-state index in [1.165, 1.54) is 11.7 Å². The number of nitrogens with zero attached hydrogens (tertiary/aromatic N) is 5. The van der Waals surface area contributed by atoms with E-state index in [1.807, 2.05) is 12.1 Å². The van der Waals surface area contributed by atoms with Crippen LogP contribution < -0.4 is 4.74 Å². The molecule has 2 aliphatic rings. The van der Waals surface area contributed by atoms with Crippen molar-refractivity contribution in [1.29, 1.82) is 0 Å². The van der Waals surface area contributed by atoms with Gasteiger partial charge in [-0.15, -0.1) is 0 Å². The van der Waals surface area contributed by atoms with Crippen molar-refractivity contribution in [2.45, 2.75) is 32.0 Å². The molecular weight excluding hydrogens is 423 g/mol. The normalized spacial score (nSPS) is 15.8. The lowest BCUT2D eigenvalue weighted by Gasteiger charge is -2.28. The van der Waals surface area contributed by atoms with E-state index in [1.54, 1.807) is 22.7 Å². The molecule has 1 aromatic carbocycles. The summed E-state index contributed by atoms with van der Waals surface area (Å²) >= 11 is 0. The highest BCUT2D eigenvalue weighted by atomic mass is 19.4. The van der Waals surface area contributed by atoms with Crippen molar-refractivity contribution < 1.29 is 22.7 Å². The van der Waals surface area contributed by atoms with Crippen LogP contribution in [0.1, 0.15) is 39.3 Å². The molecule has 0 bridgehead atoms. The van der Waals surface area contributed by atoms with Crippen LogP contribution in [0.3, 0.4) is 0 Å². The number of alkyl halides is 3. The maximum atomic E-state index is 13.3. The minimum Gasteiger partial charge on any atom is -0.492 e. The third-order valence-corrected chi connectivity index (χ3v) is 6.06. The van der Waals surface area contributed by atoms with Crippen LogP contribution in [0.15, 0.2) is 24.3 Å². The van der Waals surface area contributed by atoms with E-state index >= 15 is 0 Å². The molecule has 2 aromatic heterocycles. The van der Waals surface area contributed by atoms with Gasteiger partial charge in [-0.3, -0.25) is 14.2 Å². The second kappa shape index (κ2) is 7.39. The zero-order valence-corrected chi connectivity index (χ0v) is 17.7. The van der Waals surface area contributed by atoms with Gasteiger partial charge in [0.05, 0.1) is 35.8 Å². The number of amides is 1. The summed E-state index contributed by atoms with van der Waals surface area (Å²) in [7, 11) is 3.18. The number of hydrogen-bond donors (Lipinski definition) is 0. The predicted molar refractivity (Wildman–Crippen MR) is 109 cm³/mol. The lowest BCUT2D eigenvalue weighted by molar-refractivity contribution is -0.141. The highest BCUT2D eigenvalue weighted by Crippen LogP contribution is 2.36. The smallest absolute Gasteiger partial charge is 0.435 e. The van der Waals surface area contributed by atoms with E-state index in [9.17, 15) is 18.0 Å². The number of aromatic nitrogens is 4. The molecule has 0 radical (unpaired) electrons. The number of halogens is 3. The molecule has 0 atom stereocenters. The average molecular weight is 445 g/mol. The van der Waals surface area contributed by atoms with Gasteiger partial charge in [0, 0.05) is 26.2 Å². The lowest BCUT2D eigenvalue weighted by Crippen LogP contribution is -2.36. The number of carbonyl (C=O) groups is 1. The number of benzene rings is 1. The van der Waals surface area contributed by atoms with E-state index in [0.717, 1.165) is 30.0 Å². The van der Waals surface area contributed by atoms with Crippen LogP contribution in [-0.2, 0) is 39.7 Å². The van der Waals surface area contributed by atoms with Gasteiger partial charge in [-0.05, 0) is 37.0 Å². The number of fused-ring (bicyclic) bond motifs is 2. The molecule has 0 spiro atoms. The Balaban J connectivity index is 1.45. The van der Waals surface area contributed by atoms with E-state index < -0.39 is 11.9 Å². The molecule has 3 aromatic rings. The fraction of sp³-hybridized carbons (Fsp3) is 0.409. The zero-order chi connectivity index (χ0) is 22.6. The maximum absolute atomic E-state index is 13.3. The van der Waals surface area contributed by atoms with Crippen LogP contribution in [0.5, 0.6) is 5.75 Å². The predicted octanol–water partition coefficient (Wildman–Crippen LogP) is 3.36. The summed E-state index contributed by atoms with van der Waals surface area (Å²) in [5, 5.41) is 8.15. The molecule has 0 N–H and O–H groups in total. The first-order valence-electron chi connectivity index (χ1n) is 10.4. The van der Waals surface area contributed by atoms with E-state index in [-0.39, 0.29) is 12.5 Å². The van der Waals surface area contributed by atoms with Crippen molar-refractivity contribution in [1.82, 2.24) is 24.5 Å². The van der Waals surface area contributed by atoms with Crippen LogP contribution >= 0.6 is 0 Å². The standard InChI is InChI=1S/C22H22F3N5O2/c1-28-17(11-18(27-28)22(23,24)25)19-14-8-9-30(12-16(14)26-29(19)2)21(31)15-7-3-5-13-6-4-10-32-20(13)15/h3,5,7,11H,4,6,8-10,12H2,1-2H3. The third-order valence-electron chi connectivity index (χ3n) is 6.06. The molecule has 0 fully saturated rings. The van der Waals surface area contributed by atoms with Crippen molar-refractivity contribution in [3.63, 3.8) is 0 Å². The summed E-state index contributed by atoms with van der Waals surface area (Å²) in [5.74, 6) is 0.535. The van der Waals surface area contributed by atoms with Gasteiger partial charge in [0.2, 0.25) is 0 Å². The van der Waals surface area contributed by atoms with Crippen molar-refractivity contribution in [3.05, 3.63) is 52.3 Å². The molecule has 0 unspecified atom stereocenters. The second-order valence-corrected chi connectivity index (χ2v) is 8.16. The summed E-state index contributed by atoms with van der Waals surface area (Å²) in [6, 6.07) is 6.67. The summed E-state index contributed by atoms with van der Waals surface area (Å²) in [6.07, 6.45) is -2.21. The maximum Gasteiger partial charge on any atom is 0.435 e. The first kappa shape index (κ1) is 20.6. The number of para-hydroxylation sites is 1. The van der Waals surface area contributed by atoms with E-state index in [4.69, 9.17) is 4.74 Å². The largest absolute Gasteiger partial charge is 0.492 e. The fourth-order valence-electron chi connectivity index (χ4n) is 4.57. The second-order valence-electron chi connectivity index (χ2n) is 8.16. The molecule has 4 heterocycles. The average Bonchev–Trinajstić information content (AvgIpc) is 3.30. The fourth-order valence-corrected chi connectivity index (χ4v) is 4.57. The highest BCUT2D eigenvalue weighted by Gasteiger charge is 2.36. The van der Waals surface area contributed by atoms with E-state index in [0.29, 0.717) is 48.0 Å². The summed E-state index contributed by atoms with van der Waals surface area (Å²) in [6.45, 7) is 1.32. The number of ether oxygens (including phenoxy) is 1. The molecule has 10 heteroatoms. The molecule has 0 saturated heterocycles. The Morgan fingerprint density at radius 1 is 1.12 bits per heavy atom. The molecule has 7 nitrogen and oxygen atoms in total. The quantitative estimate of drug-likeness (QED) is 0.607. The number of hydrogen-bond acceptors (Lipinski definition) is 4. The van der Waals surface area contributed by atoms with Gasteiger partial charge < -0.3 is 9.64 Å². The van der Waals surface area contributed by atoms with Gasteiger partial charge in [-0.1, -0.05) is 12.1 Å². The summed E-state index contributed by atoms with van der Waals surface area (Å²) in [5.41, 5.74) is 3.12. The van der Waals surface area contributed by atoms with Crippen molar-refractivity contribution in [2.24, 2.45) is 14.1 Å². The zero-order valence-electron chi connectivity index (χ0n) is 17.7. The molecule has 168 valence electrons. The Bertz CT molecular complexity index is 1210. The van der Waals surface area contributed by atoms with Crippen LogP contribution in [0.2, 0.25) is 0 Å². The lowest BCUT2D eigenvalue weighted by atomic mass is 9.99. The number of carbonyl (C=O) groups excluding carboxylic acids is 1. The van der Waals surface area contributed by atoms with Gasteiger partial charge in [0.25, 0.3) is 5.91 Å². The highest BCUT2D eigenvalue weighted by molar-refractivity contribution is 5.97. The Morgan fingerprint density at radius 3 is 2.69 bits per heavy atom. The molecule has 5 rings (SSSR count). The van der Waals surface area contributed by atoms with Gasteiger partial charge in [-0.2, -0.15) is 23.4 Å². The van der Waals surface area contributed by atoms with E-state index in [2.05, 4.69) is 10.2 Å². The van der Waals surface area contributed by atoms with Crippen LogP contribution in [0.25, 0.3) is 11.4 Å². The molecule has 0 aliphatic carbocycles. The molecule has 32 heavy (non-hydrogen) atoms. The monoisotopic (exact) mass is 445 g/mol. The minimum absolute atomic E-state index is 0.124. The summed E-state index contributed by atoms with van der Waals surface area (Å²) in [4.78, 5) is 15.0. The molecular formula is C22H22F3N5O2. The first-order chi connectivity index (χ1) is 15.2. The topological polar surface area (TPSA) is 65.2 Å². The van der Waals surface area contributed by atoms with Gasteiger partial charge in [0.1, 0.15) is 5.75 Å². The molecule has 0 saturated carbocycles. The SMILES string of the molecule is Cn1nc(C(F)(F)F)cc1-c1c2c(nn1C)CN(C(=O)c1cccc3c1OCCC3)CC2. The molecule has 2 aliphatic heterocycles. The van der Waals surface area contributed by atoms with Crippen molar-refractivity contribution in [3.8, 4) is 17.1 Å². The number of rotatable bonds is 2. The Kier molecular flexibility index (Phi) is 4.75. The third kappa shape index (κ3) is 3.34.